The molecule has 0 aliphatic carbocycles. The Morgan fingerprint density at radius 3 is 2.69 bits per heavy atom. The number of fused-ring (bicyclic) bond motifs is 1. The molecule has 6 heteroatoms. The number of sulfone groups is 1. The minimum atomic E-state index is -3.12. The van der Waals surface area contributed by atoms with Gasteiger partial charge in [0.2, 0.25) is 0 Å². The molecule has 26 heavy (non-hydrogen) atoms. The monoisotopic (exact) mass is 369 g/mol. The lowest BCUT2D eigenvalue weighted by Crippen LogP contribution is -2.20. The van der Waals surface area contributed by atoms with Crippen molar-refractivity contribution in [2.75, 3.05) is 19.3 Å². The minimum absolute atomic E-state index is 0.384. The first-order valence-electron chi connectivity index (χ1n) is 8.91. The van der Waals surface area contributed by atoms with Gasteiger partial charge in [-0.15, -0.1) is 0 Å². The van der Waals surface area contributed by atoms with Crippen LogP contribution in [0.5, 0.6) is 0 Å². The summed E-state index contributed by atoms with van der Waals surface area (Å²) >= 11 is 0. The predicted octanol–water partition coefficient (Wildman–Crippen LogP) is 3.03. The van der Waals surface area contributed by atoms with E-state index in [1.165, 1.54) is 23.6 Å². The van der Waals surface area contributed by atoms with E-state index in [-0.39, 0.29) is 0 Å². The van der Waals surface area contributed by atoms with Crippen LogP contribution in [-0.2, 0) is 22.8 Å². The molecular weight excluding hydrogens is 346 g/mol. The van der Waals surface area contributed by atoms with Gasteiger partial charge in [-0.05, 0) is 60.7 Å². The van der Waals surface area contributed by atoms with Crippen molar-refractivity contribution in [3.8, 4) is 0 Å². The molecule has 1 unspecified atom stereocenters. The van der Waals surface area contributed by atoms with Crippen LogP contribution < -0.4 is 0 Å². The van der Waals surface area contributed by atoms with Crippen LogP contribution in [0.3, 0.4) is 0 Å². The molecule has 2 heterocycles. The van der Waals surface area contributed by atoms with Gasteiger partial charge < -0.3 is 0 Å². The summed E-state index contributed by atoms with van der Waals surface area (Å²) in [7, 11) is -3.12. The maximum Gasteiger partial charge on any atom is 0.175 e. The van der Waals surface area contributed by atoms with Crippen LogP contribution in [0.2, 0.25) is 0 Å². The number of nitrogens with zero attached hydrogens (tertiary/aromatic N) is 2. The minimum Gasteiger partial charge on any atom is -0.299 e. The smallest absolute Gasteiger partial charge is 0.175 e. The van der Waals surface area contributed by atoms with Crippen LogP contribution >= 0.6 is 0 Å². The maximum absolute atomic E-state index is 11.6. The van der Waals surface area contributed by atoms with Crippen molar-refractivity contribution in [3.05, 3.63) is 59.8 Å². The second kappa shape index (κ2) is 6.85. The summed E-state index contributed by atoms with van der Waals surface area (Å²) in [5.74, 6) is 0.662. The molecule has 1 aliphatic rings. The number of H-pyrrole nitrogens is 1. The number of hydrogen-bond donors (Lipinski definition) is 1. The summed E-state index contributed by atoms with van der Waals surface area (Å²) in [6.45, 7) is 3.05. The number of hydrogen-bond acceptors (Lipinski definition) is 4. The van der Waals surface area contributed by atoms with Crippen molar-refractivity contribution in [2.45, 2.75) is 24.3 Å². The molecule has 2 aromatic carbocycles. The third kappa shape index (κ3) is 3.81. The van der Waals surface area contributed by atoms with E-state index in [0.717, 1.165) is 37.1 Å². The van der Waals surface area contributed by atoms with Crippen LogP contribution in [0.25, 0.3) is 10.9 Å². The molecule has 1 aliphatic heterocycles. The molecule has 0 spiro atoms. The zero-order valence-corrected chi connectivity index (χ0v) is 15.7. The van der Waals surface area contributed by atoms with Gasteiger partial charge in [0.15, 0.2) is 9.84 Å². The van der Waals surface area contributed by atoms with E-state index in [1.807, 2.05) is 18.3 Å². The van der Waals surface area contributed by atoms with E-state index in [9.17, 15) is 8.42 Å². The van der Waals surface area contributed by atoms with Gasteiger partial charge in [-0.25, -0.2) is 8.42 Å². The molecule has 1 N–H and O–H groups in total. The fourth-order valence-corrected chi connectivity index (χ4v) is 4.41. The summed E-state index contributed by atoms with van der Waals surface area (Å²) in [4.78, 5) is 2.84. The molecule has 5 nitrogen and oxygen atoms in total. The van der Waals surface area contributed by atoms with Gasteiger partial charge in [0, 0.05) is 24.7 Å². The molecule has 0 amide bonds. The quantitative estimate of drug-likeness (QED) is 0.751. The molecule has 4 rings (SSSR count). The summed E-state index contributed by atoms with van der Waals surface area (Å²) in [5, 5.41) is 8.25. The maximum atomic E-state index is 11.6. The first-order valence-corrected chi connectivity index (χ1v) is 10.8. The Hall–Kier alpha value is -2.18. The van der Waals surface area contributed by atoms with Gasteiger partial charge in [0.05, 0.1) is 16.6 Å². The third-order valence-electron chi connectivity index (χ3n) is 5.16. The highest BCUT2D eigenvalue weighted by Gasteiger charge is 2.23. The van der Waals surface area contributed by atoms with Crippen molar-refractivity contribution < 1.29 is 8.42 Å². The number of benzene rings is 2. The highest BCUT2D eigenvalue weighted by Crippen LogP contribution is 2.24. The van der Waals surface area contributed by atoms with E-state index in [0.29, 0.717) is 10.8 Å². The van der Waals surface area contributed by atoms with Crippen LogP contribution in [-0.4, -0.2) is 42.9 Å². The largest absolute Gasteiger partial charge is 0.299 e. The average molecular weight is 369 g/mol. The Bertz CT molecular complexity index is 1010. The van der Waals surface area contributed by atoms with Crippen LogP contribution in [0.4, 0.5) is 0 Å². The van der Waals surface area contributed by atoms with Gasteiger partial charge in [0.25, 0.3) is 0 Å². The highest BCUT2D eigenvalue weighted by atomic mass is 32.2. The molecule has 136 valence electrons. The van der Waals surface area contributed by atoms with Crippen molar-refractivity contribution in [3.63, 3.8) is 0 Å². The van der Waals surface area contributed by atoms with E-state index < -0.39 is 9.84 Å². The lowest BCUT2D eigenvalue weighted by atomic mass is 9.98. The molecule has 0 saturated carbocycles. The Kier molecular flexibility index (Phi) is 4.54. The Morgan fingerprint density at radius 1 is 1.15 bits per heavy atom. The molecule has 3 aromatic rings. The first kappa shape index (κ1) is 17.2. The van der Waals surface area contributed by atoms with Crippen LogP contribution in [0.1, 0.15) is 17.5 Å². The second-order valence-electron chi connectivity index (χ2n) is 7.30. The molecule has 1 aromatic heterocycles. The average Bonchev–Trinajstić information content (AvgIpc) is 3.23. The number of likely N-dealkylation sites (tertiary alicyclic amines) is 1. The van der Waals surface area contributed by atoms with E-state index >= 15 is 0 Å². The Morgan fingerprint density at radius 2 is 1.92 bits per heavy atom. The summed E-state index contributed by atoms with van der Waals surface area (Å²) in [5.41, 5.74) is 3.61. The van der Waals surface area contributed by atoms with Gasteiger partial charge in [-0.1, -0.05) is 18.2 Å². The summed E-state index contributed by atoms with van der Waals surface area (Å²) in [6.07, 6.45) is 5.41. The molecule has 1 atom stereocenters. The van der Waals surface area contributed by atoms with Crippen molar-refractivity contribution in [1.29, 1.82) is 0 Å². The Balaban J connectivity index is 1.36. The lowest BCUT2D eigenvalue weighted by Gasteiger charge is -2.16. The Labute approximate surface area is 154 Å². The van der Waals surface area contributed by atoms with Gasteiger partial charge in [-0.3, -0.25) is 10.00 Å². The number of aromatic nitrogens is 2. The van der Waals surface area contributed by atoms with Gasteiger partial charge >= 0.3 is 0 Å². The standard InChI is InChI=1S/C20H23N3O2S/c1-26(24,25)19-5-2-15(3-6-19)13-23-9-8-17(14-23)10-16-4-7-20-18(11-16)12-21-22-20/h2-7,11-12,17H,8-10,13-14H2,1H3,(H,21,22). The molecule has 1 saturated heterocycles. The zero-order chi connectivity index (χ0) is 18.1. The van der Waals surface area contributed by atoms with E-state index in [2.05, 4.69) is 33.3 Å². The number of aromatic amines is 1. The van der Waals surface area contributed by atoms with Crippen molar-refractivity contribution in [1.82, 2.24) is 15.1 Å². The summed E-state index contributed by atoms with van der Waals surface area (Å²) < 4.78 is 23.1. The van der Waals surface area contributed by atoms with Crippen LogP contribution in [0.15, 0.2) is 53.6 Å². The number of nitrogens with one attached hydrogen (secondary N) is 1. The number of rotatable bonds is 5. The predicted molar refractivity (Wildman–Crippen MR) is 103 cm³/mol. The fraction of sp³-hybridized carbons (Fsp3) is 0.350. The fourth-order valence-electron chi connectivity index (χ4n) is 3.78. The first-order chi connectivity index (χ1) is 12.5. The highest BCUT2D eigenvalue weighted by molar-refractivity contribution is 7.90. The topological polar surface area (TPSA) is 66.1 Å². The zero-order valence-electron chi connectivity index (χ0n) is 14.9. The van der Waals surface area contributed by atoms with Crippen LogP contribution in [0, 0.1) is 5.92 Å². The molecule has 0 bridgehead atoms. The SMILES string of the molecule is CS(=O)(=O)c1ccc(CN2CCC(Cc3ccc4[nH]ncc4c3)C2)cc1. The third-order valence-corrected chi connectivity index (χ3v) is 6.29. The molecule has 0 radical (unpaired) electrons. The lowest BCUT2D eigenvalue weighted by molar-refractivity contribution is 0.316. The second-order valence-corrected chi connectivity index (χ2v) is 9.32. The van der Waals surface area contributed by atoms with Crippen molar-refractivity contribution in [2.24, 2.45) is 5.92 Å². The van der Waals surface area contributed by atoms with E-state index in [4.69, 9.17) is 0 Å². The van der Waals surface area contributed by atoms with Crippen molar-refractivity contribution >= 4 is 20.7 Å². The normalized spacial score (nSPS) is 18.6. The van der Waals surface area contributed by atoms with Gasteiger partial charge in [0.1, 0.15) is 0 Å². The van der Waals surface area contributed by atoms with E-state index in [1.54, 1.807) is 12.1 Å². The van der Waals surface area contributed by atoms with Gasteiger partial charge in [-0.2, -0.15) is 5.10 Å². The summed E-state index contributed by atoms with van der Waals surface area (Å²) in [6, 6.07) is 13.8. The molecular formula is C20H23N3O2S. The molecule has 1 fully saturated rings.